The molecule has 0 aliphatic rings. The van der Waals surface area contributed by atoms with Crippen LogP contribution in [0.25, 0.3) is 10.8 Å². The molecule has 0 saturated heterocycles. The van der Waals surface area contributed by atoms with Crippen LogP contribution in [0.5, 0.6) is 11.5 Å². The third-order valence-electron chi connectivity index (χ3n) is 4.47. The number of ether oxygens (including phenoxy) is 3. The largest absolute Gasteiger partial charge is 0.496 e. The smallest absolute Gasteiger partial charge is 0.251 e. The molecular weight excluding hydrogens is 354 g/mol. The number of nitrogens with one attached hydrogen (secondary N) is 1. The first-order valence-corrected chi connectivity index (χ1v) is 9.19. The number of methoxy groups -OCH3 is 2. The Morgan fingerprint density at radius 3 is 2.57 bits per heavy atom. The van der Waals surface area contributed by atoms with Crippen LogP contribution in [0.3, 0.4) is 0 Å². The molecule has 146 valence electrons. The van der Waals surface area contributed by atoms with E-state index >= 15 is 0 Å². The van der Waals surface area contributed by atoms with Gasteiger partial charge in [-0.25, -0.2) is 0 Å². The Morgan fingerprint density at radius 1 is 1.00 bits per heavy atom. The van der Waals surface area contributed by atoms with Gasteiger partial charge in [0.25, 0.3) is 5.91 Å². The zero-order valence-corrected chi connectivity index (χ0v) is 16.4. The van der Waals surface area contributed by atoms with Crippen LogP contribution in [0.15, 0.2) is 60.7 Å². The van der Waals surface area contributed by atoms with Gasteiger partial charge in [-0.1, -0.05) is 36.4 Å². The van der Waals surface area contributed by atoms with E-state index in [0.717, 1.165) is 22.1 Å². The average Bonchev–Trinajstić information content (AvgIpc) is 2.72. The highest BCUT2D eigenvalue weighted by molar-refractivity contribution is 5.94. The second-order valence-corrected chi connectivity index (χ2v) is 6.62. The van der Waals surface area contributed by atoms with Crippen molar-refractivity contribution in [1.29, 1.82) is 0 Å². The highest BCUT2D eigenvalue weighted by Crippen LogP contribution is 2.28. The molecule has 1 amide bonds. The molecule has 0 aliphatic carbocycles. The summed E-state index contributed by atoms with van der Waals surface area (Å²) in [5.41, 5.74) is 1.36. The normalized spacial score (nSPS) is 11.8. The van der Waals surface area contributed by atoms with E-state index in [1.807, 2.05) is 37.3 Å². The highest BCUT2D eigenvalue weighted by atomic mass is 16.5. The molecule has 1 N–H and O–H groups in total. The summed E-state index contributed by atoms with van der Waals surface area (Å²) in [7, 11) is 3.22. The van der Waals surface area contributed by atoms with Crippen LogP contribution in [0.4, 0.5) is 0 Å². The van der Waals surface area contributed by atoms with Crippen LogP contribution >= 0.6 is 0 Å². The van der Waals surface area contributed by atoms with Gasteiger partial charge in [0.2, 0.25) is 0 Å². The van der Waals surface area contributed by atoms with Gasteiger partial charge >= 0.3 is 0 Å². The highest BCUT2D eigenvalue weighted by Gasteiger charge is 2.13. The van der Waals surface area contributed by atoms with Gasteiger partial charge in [-0.05, 0) is 36.6 Å². The van der Waals surface area contributed by atoms with E-state index in [-0.39, 0.29) is 11.9 Å². The summed E-state index contributed by atoms with van der Waals surface area (Å²) in [5, 5.41) is 5.08. The fraction of sp³-hybridized carbons (Fsp3) is 0.261. The third kappa shape index (κ3) is 4.61. The van der Waals surface area contributed by atoms with E-state index in [2.05, 4.69) is 17.4 Å². The predicted molar refractivity (Wildman–Crippen MR) is 110 cm³/mol. The second-order valence-electron chi connectivity index (χ2n) is 6.62. The van der Waals surface area contributed by atoms with Crippen molar-refractivity contribution in [3.8, 4) is 11.5 Å². The summed E-state index contributed by atoms with van der Waals surface area (Å²) in [4.78, 5) is 12.5. The van der Waals surface area contributed by atoms with Crippen LogP contribution in [0.2, 0.25) is 0 Å². The molecule has 0 unspecified atom stereocenters. The van der Waals surface area contributed by atoms with Crippen LogP contribution in [0.1, 0.15) is 22.8 Å². The van der Waals surface area contributed by atoms with E-state index in [1.165, 1.54) is 0 Å². The fourth-order valence-corrected chi connectivity index (χ4v) is 3.11. The van der Waals surface area contributed by atoms with Crippen LogP contribution < -0.4 is 14.8 Å². The Balaban J connectivity index is 1.79. The lowest BCUT2D eigenvalue weighted by molar-refractivity contribution is 0.0905. The van der Waals surface area contributed by atoms with Gasteiger partial charge in [0.05, 0.1) is 13.7 Å². The number of rotatable bonds is 8. The first kappa shape index (κ1) is 19.7. The maximum Gasteiger partial charge on any atom is 0.251 e. The minimum atomic E-state index is -0.154. The number of fused-ring (bicyclic) bond motifs is 1. The second kappa shape index (κ2) is 9.24. The van der Waals surface area contributed by atoms with Crippen LogP contribution in [-0.4, -0.2) is 32.8 Å². The van der Waals surface area contributed by atoms with Crippen molar-refractivity contribution in [2.24, 2.45) is 0 Å². The van der Waals surface area contributed by atoms with E-state index < -0.39 is 0 Å². The topological polar surface area (TPSA) is 56.8 Å². The molecule has 0 spiro atoms. The fourth-order valence-electron chi connectivity index (χ4n) is 3.11. The minimum absolute atomic E-state index is 0.0741. The molecule has 28 heavy (non-hydrogen) atoms. The molecule has 0 fully saturated rings. The molecule has 5 heteroatoms. The lowest BCUT2D eigenvalue weighted by Gasteiger charge is -2.15. The number of amides is 1. The molecule has 0 heterocycles. The Labute approximate surface area is 165 Å². The molecule has 3 rings (SSSR count). The molecule has 0 bridgehead atoms. The predicted octanol–water partition coefficient (Wildman–Crippen LogP) is 4.19. The van der Waals surface area contributed by atoms with Crippen molar-refractivity contribution in [1.82, 2.24) is 5.32 Å². The van der Waals surface area contributed by atoms with Crippen LogP contribution in [0, 0.1) is 0 Å². The molecule has 1 atom stereocenters. The lowest BCUT2D eigenvalue weighted by atomic mass is 10.1. The summed E-state index contributed by atoms with van der Waals surface area (Å²) in [6, 6.07) is 19.3. The molecule has 5 nitrogen and oxygen atoms in total. The number of hydrogen-bond donors (Lipinski definition) is 1. The molecule has 3 aromatic rings. The molecule has 0 radical (unpaired) electrons. The Kier molecular flexibility index (Phi) is 6.50. The van der Waals surface area contributed by atoms with Crippen molar-refractivity contribution in [2.75, 3.05) is 20.8 Å². The van der Waals surface area contributed by atoms with Crippen molar-refractivity contribution >= 4 is 16.7 Å². The Hall–Kier alpha value is -3.05. The SMILES string of the molecule is COC[C@H](C)NC(=O)c1ccc(OC)c(COc2cccc3ccccc23)c1. The van der Waals surface area contributed by atoms with Gasteiger partial charge < -0.3 is 19.5 Å². The van der Waals surface area contributed by atoms with Gasteiger partial charge in [-0.3, -0.25) is 4.79 Å². The monoisotopic (exact) mass is 379 g/mol. The summed E-state index contributed by atoms with van der Waals surface area (Å²) in [5.74, 6) is 1.32. The molecule has 0 aromatic heterocycles. The summed E-state index contributed by atoms with van der Waals surface area (Å²) >= 11 is 0. The molecule has 3 aromatic carbocycles. The Morgan fingerprint density at radius 2 is 1.79 bits per heavy atom. The standard InChI is InChI=1S/C23H25NO4/c1-16(14-26-2)24-23(25)18-11-12-21(27-3)19(13-18)15-28-22-10-6-8-17-7-4-5-9-20(17)22/h4-13,16H,14-15H2,1-3H3,(H,24,25)/t16-/m0/s1. The van der Waals surface area contributed by atoms with Crippen molar-refractivity contribution in [3.05, 3.63) is 71.8 Å². The van der Waals surface area contributed by atoms with Gasteiger partial charge in [-0.2, -0.15) is 0 Å². The summed E-state index contributed by atoms with van der Waals surface area (Å²) < 4.78 is 16.6. The average molecular weight is 379 g/mol. The quantitative estimate of drug-likeness (QED) is 0.638. The van der Waals surface area contributed by atoms with E-state index in [0.29, 0.717) is 24.5 Å². The maximum absolute atomic E-state index is 12.5. The van der Waals surface area contributed by atoms with Gasteiger partial charge in [0.15, 0.2) is 0 Å². The number of benzene rings is 3. The summed E-state index contributed by atoms with van der Waals surface area (Å²) in [6.07, 6.45) is 0. The molecule has 0 aliphatic heterocycles. The van der Waals surface area contributed by atoms with Gasteiger partial charge in [0, 0.05) is 29.7 Å². The first-order chi connectivity index (χ1) is 13.6. The first-order valence-electron chi connectivity index (χ1n) is 9.19. The lowest BCUT2D eigenvalue weighted by Crippen LogP contribution is -2.35. The zero-order chi connectivity index (χ0) is 19.9. The van der Waals surface area contributed by atoms with Gasteiger partial charge in [-0.15, -0.1) is 0 Å². The van der Waals surface area contributed by atoms with Crippen molar-refractivity contribution < 1.29 is 19.0 Å². The Bertz CT molecular complexity index is 949. The van der Waals surface area contributed by atoms with E-state index in [9.17, 15) is 4.79 Å². The van der Waals surface area contributed by atoms with E-state index in [4.69, 9.17) is 14.2 Å². The van der Waals surface area contributed by atoms with Crippen molar-refractivity contribution in [3.63, 3.8) is 0 Å². The van der Waals surface area contributed by atoms with Crippen LogP contribution in [-0.2, 0) is 11.3 Å². The van der Waals surface area contributed by atoms with E-state index in [1.54, 1.807) is 32.4 Å². The summed E-state index contributed by atoms with van der Waals surface area (Å²) in [6.45, 7) is 2.65. The van der Waals surface area contributed by atoms with Crippen molar-refractivity contribution in [2.45, 2.75) is 19.6 Å². The zero-order valence-electron chi connectivity index (χ0n) is 16.4. The number of hydrogen-bond acceptors (Lipinski definition) is 4. The van der Waals surface area contributed by atoms with Gasteiger partial charge in [0.1, 0.15) is 18.1 Å². The molecule has 0 saturated carbocycles. The number of carbonyl (C=O) groups excluding carboxylic acids is 1. The molecular formula is C23H25NO4. The minimum Gasteiger partial charge on any atom is -0.496 e. The maximum atomic E-state index is 12.5. The number of carbonyl (C=O) groups is 1. The third-order valence-corrected chi connectivity index (χ3v) is 4.47.